The summed E-state index contributed by atoms with van der Waals surface area (Å²) in [7, 11) is 0. The number of carbonyl (C=O) groups is 1. The van der Waals surface area contributed by atoms with Crippen LogP contribution in [-0.2, 0) is 24.1 Å². The molecule has 0 bridgehead atoms. The number of benzene rings is 1. The zero-order valence-corrected chi connectivity index (χ0v) is 9.17. The van der Waals surface area contributed by atoms with E-state index in [0.29, 0.717) is 6.42 Å². The van der Waals surface area contributed by atoms with Gasteiger partial charge in [-0.2, -0.15) is 0 Å². The largest absolute Gasteiger partial charge is 0.303 e. The second-order valence-corrected chi connectivity index (χ2v) is 4.37. The Kier molecular flexibility index (Phi) is 3.54. The molecule has 1 aliphatic carbocycles. The third kappa shape index (κ3) is 2.68. The first-order valence-electron chi connectivity index (χ1n) is 5.94. The molecule has 1 nitrogen and oxygen atoms in total. The highest BCUT2D eigenvalue weighted by molar-refractivity contribution is 5.50. The molecule has 80 valence electrons. The van der Waals surface area contributed by atoms with Crippen LogP contribution in [0.5, 0.6) is 0 Å². The molecule has 0 amide bonds. The minimum absolute atomic E-state index is 0.652. The maximum atomic E-state index is 10.3. The van der Waals surface area contributed by atoms with Gasteiger partial charge in [-0.15, -0.1) is 0 Å². The van der Waals surface area contributed by atoms with Crippen molar-refractivity contribution in [1.82, 2.24) is 0 Å². The molecule has 0 atom stereocenters. The van der Waals surface area contributed by atoms with E-state index in [1.165, 1.54) is 48.8 Å². The van der Waals surface area contributed by atoms with Crippen molar-refractivity contribution >= 4 is 6.29 Å². The molecule has 2 rings (SSSR count). The van der Waals surface area contributed by atoms with Crippen molar-refractivity contribution in [1.29, 1.82) is 0 Å². The van der Waals surface area contributed by atoms with Gasteiger partial charge in [-0.1, -0.05) is 24.6 Å². The van der Waals surface area contributed by atoms with Crippen molar-refractivity contribution in [3.05, 3.63) is 34.9 Å². The zero-order valence-electron chi connectivity index (χ0n) is 9.17. The van der Waals surface area contributed by atoms with Crippen LogP contribution in [0, 0.1) is 0 Å². The standard InChI is InChI=1S/C14H18O/c15-10-4-5-12-8-9-13-6-2-1-3-7-14(13)11-12/h8-11H,1-7H2. The number of aryl methyl sites for hydroxylation is 3. The smallest absolute Gasteiger partial charge is 0.120 e. The summed E-state index contributed by atoms with van der Waals surface area (Å²) in [6.07, 6.45) is 9.04. The van der Waals surface area contributed by atoms with Crippen molar-refractivity contribution in [2.45, 2.75) is 44.9 Å². The maximum Gasteiger partial charge on any atom is 0.120 e. The monoisotopic (exact) mass is 202 g/mol. The maximum absolute atomic E-state index is 10.3. The molecule has 1 aliphatic rings. The highest BCUT2D eigenvalue weighted by Gasteiger charge is 2.07. The van der Waals surface area contributed by atoms with Gasteiger partial charge >= 0.3 is 0 Å². The number of rotatable bonds is 3. The van der Waals surface area contributed by atoms with Crippen LogP contribution in [0.25, 0.3) is 0 Å². The average molecular weight is 202 g/mol. The Morgan fingerprint density at radius 2 is 1.87 bits per heavy atom. The van der Waals surface area contributed by atoms with Crippen molar-refractivity contribution in [2.75, 3.05) is 0 Å². The summed E-state index contributed by atoms with van der Waals surface area (Å²) in [5.41, 5.74) is 4.38. The highest BCUT2D eigenvalue weighted by Crippen LogP contribution is 2.22. The molecule has 1 aromatic rings. The summed E-state index contributed by atoms with van der Waals surface area (Å²) in [4.78, 5) is 10.3. The molecule has 15 heavy (non-hydrogen) atoms. The Hall–Kier alpha value is -1.11. The van der Waals surface area contributed by atoms with Crippen LogP contribution in [0.1, 0.15) is 42.4 Å². The predicted molar refractivity (Wildman–Crippen MR) is 62.1 cm³/mol. The lowest BCUT2D eigenvalue weighted by Crippen LogP contribution is -1.94. The number of aldehydes is 1. The van der Waals surface area contributed by atoms with Gasteiger partial charge in [-0.3, -0.25) is 0 Å². The van der Waals surface area contributed by atoms with E-state index in [1.54, 1.807) is 0 Å². The Bertz CT molecular complexity index is 341. The fourth-order valence-electron chi connectivity index (χ4n) is 2.34. The topological polar surface area (TPSA) is 17.1 Å². The summed E-state index contributed by atoms with van der Waals surface area (Å²) in [6.45, 7) is 0. The Labute approximate surface area is 91.5 Å². The van der Waals surface area contributed by atoms with Gasteiger partial charge in [0.25, 0.3) is 0 Å². The second-order valence-electron chi connectivity index (χ2n) is 4.37. The third-order valence-electron chi connectivity index (χ3n) is 3.21. The van der Waals surface area contributed by atoms with Crippen molar-refractivity contribution in [2.24, 2.45) is 0 Å². The van der Waals surface area contributed by atoms with E-state index in [0.717, 1.165) is 12.7 Å². The summed E-state index contributed by atoms with van der Waals surface area (Å²) < 4.78 is 0. The van der Waals surface area contributed by atoms with E-state index in [2.05, 4.69) is 18.2 Å². The van der Waals surface area contributed by atoms with Crippen molar-refractivity contribution in [3.63, 3.8) is 0 Å². The molecule has 1 heteroatoms. The minimum Gasteiger partial charge on any atom is -0.303 e. The Balaban J connectivity index is 2.16. The van der Waals surface area contributed by atoms with Gasteiger partial charge < -0.3 is 4.79 Å². The molecule has 0 N–H and O–H groups in total. The van der Waals surface area contributed by atoms with Crippen LogP contribution >= 0.6 is 0 Å². The molecule has 0 fully saturated rings. The van der Waals surface area contributed by atoms with Crippen LogP contribution in [-0.4, -0.2) is 6.29 Å². The van der Waals surface area contributed by atoms with E-state index >= 15 is 0 Å². The number of carbonyl (C=O) groups excluding carboxylic acids is 1. The number of hydrogen-bond donors (Lipinski definition) is 0. The van der Waals surface area contributed by atoms with E-state index in [1.807, 2.05) is 0 Å². The van der Waals surface area contributed by atoms with Crippen LogP contribution in [0.15, 0.2) is 18.2 Å². The van der Waals surface area contributed by atoms with Gasteiger partial charge in [-0.05, 0) is 48.8 Å². The Morgan fingerprint density at radius 3 is 2.67 bits per heavy atom. The SMILES string of the molecule is O=CCCc1ccc2c(c1)CCCCC2. The van der Waals surface area contributed by atoms with Crippen LogP contribution in [0.2, 0.25) is 0 Å². The lowest BCUT2D eigenvalue weighted by atomic mass is 9.98. The minimum atomic E-state index is 0.652. The molecule has 0 saturated heterocycles. The zero-order chi connectivity index (χ0) is 10.5. The van der Waals surface area contributed by atoms with Crippen LogP contribution in [0.3, 0.4) is 0 Å². The molecule has 0 aliphatic heterocycles. The Morgan fingerprint density at radius 1 is 1.07 bits per heavy atom. The molecular formula is C14H18O. The third-order valence-corrected chi connectivity index (χ3v) is 3.21. The molecule has 1 aromatic carbocycles. The van der Waals surface area contributed by atoms with Crippen molar-refractivity contribution in [3.8, 4) is 0 Å². The van der Waals surface area contributed by atoms with Crippen LogP contribution < -0.4 is 0 Å². The fourth-order valence-corrected chi connectivity index (χ4v) is 2.34. The van der Waals surface area contributed by atoms with E-state index in [4.69, 9.17) is 0 Å². The molecule has 0 heterocycles. The number of fused-ring (bicyclic) bond motifs is 1. The van der Waals surface area contributed by atoms with Crippen molar-refractivity contribution < 1.29 is 4.79 Å². The first-order valence-corrected chi connectivity index (χ1v) is 5.94. The van der Waals surface area contributed by atoms with E-state index in [-0.39, 0.29) is 0 Å². The first-order chi connectivity index (χ1) is 7.40. The van der Waals surface area contributed by atoms with Gasteiger partial charge in [0, 0.05) is 6.42 Å². The highest BCUT2D eigenvalue weighted by atomic mass is 16.1. The van der Waals surface area contributed by atoms with Gasteiger partial charge in [0.1, 0.15) is 6.29 Å². The first kappa shape index (κ1) is 10.4. The summed E-state index contributed by atoms with van der Waals surface area (Å²) >= 11 is 0. The van der Waals surface area contributed by atoms with E-state index < -0.39 is 0 Å². The summed E-state index contributed by atoms with van der Waals surface area (Å²) in [5, 5.41) is 0. The molecule has 0 radical (unpaired) electrons. The van der Waals surface area contributed by atoms with E-state index in [9.17, 15) is 4.79 Å². The molecule has 0 aromatic heterocycles. The number of hydrogen-bond acceptors (Lipinski definition) is 1. The van der Waals surface area contributed by atoms with Crippen LogP contribution in [0.4, 0.5) is 0 Å². The average Bonchev–Trinajstić information content (AvgIpc) is 2.50. The molecule has 0 unspecified atom stereocenters. The quantitative estimate of drug-likeness (QED) is 0.544. The van der Waals surface area contributed by atoms with Gasteiger partial charge in [0.2, 0.25) is 0 Å². The lowest BCUT2D eigenvalue weighted by molar-refractivity contribution is -0.107. The predicted octanol–water partition coefficient (Wildman–Crippen LogP) is 3.09. The van der Waals surface area contributed by atoms with Gasteiger partial charge in [0.15, 0.2) is 0 Å². The van der Waals surface area contributed by atoms with Gasteiger partial charge in [0.05, 0.1) is 0 Å². The second kappa shape index (κ2) is 5.11. The summed E-state index contributed by atoms with van der Waals surface area (Å²) in [5.74, 6) is 0. The summed E-state index contributed by atoms with van der Waals surface area (Å²) in [6, 6.07) is 6.76. The van der Waals surface area contributed by atoms with Gasteiger partial charge in [-0.25, -0.2) is 0 Å². The molecule has 0 spiro atoms. The lowest BCUT2D eigenvalue weighted by Gasteiger charge is -2.07. The fraction of sp³-hybridized carbons (Fsp3) is 0.500. The molecular weight excluding hydrogens is 184 g/mol. The molecule has 0 saturated carbocycles. The normalized spacial score (nSPS) is 15.5.